The van der Waals surface area contributed by atoms with Gasteiger partial charge < -0.3 is 14.8 Å². The topological polar surface area (TPSA) is 77.5 Å². The van der Waals surface area contributed by atoms with Crippen LogP contribution in [0.4, 0.5) is 4.79 Å². The number of carbonyl (C=O) groups is 2. The van der Waals surface area contributed by atoms with Crippen molar-refractivity contribution in [2.24, 2.45) is 5.92 Å². The molecule has 0 saturated carbocycles. The number of nitrogens with one attached hydrogen (secondary N) is 1. The predicted octanol–water partition coefficient (Wildman–Crippen LogP) is 3.46. The van der Waals surface area contributed by atoms with Crippen molar-refractivity contribution in [3.63, 3.8) is 0 Å². The number of benzene rings is 1. The first-order valence-electron chi connectivity index (χ1n) is 9.17. The van der Waals surface area contributed by atoms with E-state index in [-0.39, 0.29) is 24.9 Å². The highest BCUT2D eigenvalue weighted by Gasteiger charge is 2.14. The SMILES string of the molecule is C=CCOC(=O)NCc1ccc(COCC(=O)[C@H](C)Cc2cccnc2)cc1. The van der Waals surface area contributed by atoms with Crippen molar-refractivity contribution in [1.29, 1.82) is 0 Å². The van der Waals surface area contributed by atoms with E-state index in [0.29, 0.717) is 19.6 Å². The van der Waals surface area contributed by atoms with Crippen molar-refractivity contribution in [2.75, 3.05) is 13.2 Å². The Morgan fingerprint density at radius 2 is 1.93 bits per heavy atom. The molecule has 6 heteroatoms. The van der Waals surface area contributed by atoms with Gasteiger partial charge in [0.2, 0.25) is 0 Å². The minimum atomic E-state index is -0.480. The van der Waals surface area contributed by atoms with Gasteiger partial charge in [0.1, 0.15) is 13.2 Å². The predicted molar refractivity (Wildman–Crippen MR) is 107 cm³/mol. The highest BCUT2D eigenvalue weighted by atomic mass is 16.5. The highest BCUT2D eigenvalue weighted by molar-refractivity contribution is 5.82. The van der Waals surface area contributed by atoms with Crippen LogP contribution in [0.3, 0.4) is 0 Å². The van der Waals surface area contributed by atoms with Crippen LogP contribution in [0.25, 0.3) is 0 Å². The lowest BCUT2D eigenvalue weighted by molar-refractivity contribution is -0.127. The molecule has 1 aromatic carbocycles. The number of aromatic nitrogens is 1. The number of alkyl carbamates (subject to hydrolysis) is 1. The van der Waals surface area contributed by atoms with E-state index in [9.17, 15) is 9.59 Å². The Bertz CT molecular complexity index is 760. The quantitative estimate of drug-likeness (QED) is 0.602. The van der Waals surface area contributed by atoms with Crippen molar-refractivity contribution in [2.45, 2.75) is 26.5 Å². The average Bonchev–Trinajstić information content (AvgIpc) is 2.72. The zero-order valence-electron chi connectivity index (χ0n) is 16.1. The number of carbonyl (C=O) groups excluding carboxylic acids is 2. The Labute approximate surface area is 165 Å². The van der Waals surface area contributed by atoms with Crippen molar-refractivity contribution in [3.05, 3.63) is 78.1 Å². The van der Waals surface area contributed by atoms with Gasteiger partial charge in [0, 0.05) is 24.9 Å². The van der Waals surface area contributed by atoms with E-state index in [2.05, 4.69) is 16.9 Å². The molecule has 0 saturated heterocycles. The molecular formula is C22H26N2O4. The molecule has 2 aromatic rings. The van der Waals surface area contributed by atoms with Gasteiger partial charge in [-0.25, -0.2) is 4.79 Å². The van der Waals surface area contributed by atoms with Crippen LogP contribution >= 0.6 is 0 Å². The minimum absolute atomic E-state index is 0.0720. The molecular weight excluding hydrogens is 356 g/mol. The Morgan fingerprint density at radius 1 is 1.18 bits per heavy atom. The molecule has 1 amide bonds. The molecule has 28 heavy (non-hydrogen) atoms. The van der Waals surface area contributed by atoms with E-state index >= 15 is 0 Å². The van der Waals surface area contributed by atoms with Gasteiger partial charge in [-0.2, -0.15) is 0 Å². The third kappa shape index (κ3) is 7.72. The second-order valence-electron chi connectivity index (χ2n) is 6.48. The number of nitrogens with zero attached hydrogens (tertiary/aromatic N) is 1. The van der Waals surface area contributed by atoms with Gasteiger partial charge in [0.05, 0.1) is 6.61 Å². The lowest BCUT2D eigenvalue weighted by Gasteiger charge is -2.11. The number of amides is 1. The maximum absolute atomic E-state index is 12.2. The van der Waals surface area contributed by atoms with E-state index in [4.69, 9.17) is 9.47 Å². The molecule has 0 radical (unpaired) electrons. The lowest BCUT2D eigenvalue weighted by Crippen LogP contribution is -2.23. The van der Waals surface area contributed by atoms with Crippen LogP contribution in [0.2, 0.25) is 0 Å². The molecule has 0 spiro atoms. The molecule has 0 unspecified atom stereocenters. The summed E-state index contributed by atoms with van der Waals surface area (Å²) in [4.78, 5) is 27.7. The average molecular weight is 382 g/mol. The van der Waals surface area contributed by atoms with Crippen LogP contribution in [0, 0.1) is 5.92 Å². The molecule has 0 fully saturated rings. The molecule has 0 aliphatic rings. The van der Waals surface area contributed by atoms with Crippen molar-refractivity contribution in [3.8, 4) is 0 Å². The Balaban J connectivity index is 1.69. The number of ether oxygens (including phenoxy) is 2. The van der Waals surface area contributed by atoms with Gasteiger partial charge in [-0.05, 0) is 29.2 Å². The first kappa shape index (κ1) is 21.3. The molecule has 1 N–H and O–H groups in total. The van der Waals surface area contributed by atoms with Gasteiger partial charge in [-0.15, -0.1) is 0 Å². The number of hydrogen-bond donors (Lipinski definition) is 1. The van der Waals surface area contributed by atoms with Crippen molar-refractivity contribution < 1.29 is 19.1 Å². The van der Waals surface area contributed by atoms with E-state index < -0.39 is 6.09 Å². The van der Waals surface area contributed by atoms with Gasteiger partial charge in [-0.3, -0.25) is 9.78 Å². The summed E-state index contributed by atoms with van der Waals surface area (Å²) in [5.74, 6) is -0.0406. The highest BCUT2D eigenvalue weighted by Crippen LogP contribution is 2.10. The Hall–Kier alpha value is -2.99. The van der Waals surface area contributed by atoms with Gasteiger partial charge >= 0.3 is 6.09 Å². The summed E-state index contributed by atoms with van der Waals surface area (Å²) >= 11 is 0. The van der Waals surface area contributed by atoms with Crippen LogP contribution in [0.1, 0.15) is 23.6 Å². The summed E-state index contributed by atoms with van der Waals surface area (Å²) < 4.78 is 10.4. The smallest absolute Gasteiger partial charge is 0.407 e. The fraction of sp³-hybridized carbons (Fsp3) is 0.318. The normalized spacial score (nSPS) is 11.5. The summed E-state index contributed by atoms with van der Waals surface area (Å²) in [6.07, 6.45) is 5.19. The Morgan fingerprint density at radius 3 is 2.61 bits per heavy atom. The van der Waals surface area contributed by atoms with Crippen molar-refractivity contribution in [1.82, 2.24) is 10.3 Å². The number of ketones is 1. The Kier molecular flexibility index (Phi) is 8.88. The summed E-state index contributed by atoms with van der Waals surface area (Å²) in [6, 6.07) is 11.5. The fourth-order valence-electron chi connectivity index (χ4n) is 2.51. The second kappa shape index (κ2) is 11.7. The standard InChI is InChI=1S/C22H26N2O4/c1-3-11-28-22(26)24-14-18-6-8-19(9-7-18)15-27-16-21(25)17(2)12-20-5-4-10-23-13-20/h3-10,13,17H,1,11-12,14-16H2,2H3,(H,24,26)/t17-/m1/s1. The van der Waals surface area contributed by atoms with Crippen molar-refractivity contribution >= 4 is 11.9 Å². The third-order valence-corrected chi connectivity index (χ3v) is 4.12. The van der Waals surface area contributed by atoms with Crippen LogP contribution in [0.15, 0.2) is 61.4 Å². The molecule has 1 atom stereocenters. The summed E-state index contributed by atoms with van der Waals surface area (Å²) in [5, 5.41) is 2.65. The van der Waals surface area contributed by atoms with Crippen LogP contribution in [-0.4, -0.2) is 30.1 Å². The van der Waals surface area contributed by atoms with Crippen LogP contribution in [0.5, 0.6) is 0 Å². The van der Waals surface area contributed by atoms with E-state index in [1.165, 1.54) is 6.08 Å². The molecule has 148 valence electrons. The second-order valence-corrected chi connectivity index (χ2v) is 6.48. The number of rotatable bonds is 11. The maximum atomic E-state index is 12.2. The van der Waals surface area contributed by atoms with Crippen LogP contribution in [-0.2, 0) is 33.8 Å². The lowest BCUT2D eigenvalue weighted by atomic mass is 9.98. The first-order valence-corrected chi connectivity index (χ1v) is 9.17. The molecule has 0 bridgehead atoms. The molecule has 1 aromatic heterocycles. The van der Waals surface area contributed by atoms with E-state index in [1.54, 1.807) is 12.4 Å². The number of pyridine rings is 1. The van der Waals surface area contributed by atoms with Gasteiger partial charge in [0.15, 0.2) is 5.78 Å². The molecule has 0 aliphatic heterocycles. The third-order valence-electron chi connectivity index (χ3n) is 4.12. The van der Waals surface area contributed by atoms with E-state index in [0.717, 1.165) is 16.7 Å². The largest absolute Gasteiger partial charge is 0.445 e. The molecule has 6 nitrogen and oxygen atoms in total. The zero-order valence-corrected chi connectivity index (χ0v) is 16.1. The first-order chi connectivity index (χ1) is 13.6. The molecule has 1 heterocycles. The molecule has 2 rings (SSSR count). The summed E-state index contributed by atoms with van der Waals surface area (Å²) in [5.41, 5.74) is 2.95. The summed E-state index contributed by atoms with van der Waals surface area (Å²) in [6.45, 7) is 6.39. The molecule has 0 aliphatic carbocycles. The number of Topliss-reactive ketones (excluding diaryl/α,β-unsaturated/α-hetero) is 1. The minimum Gasteiger partial charge on any atom is -0.445 e. The van der Waals surface area contributed by atoms with Gasteiger partial charge in [0.25, 0.3) is 0 Å². The summed E-state index contributed by atoms with van der Waals surface area (Å²) in [7, 11) is 0. The van der Waals surface area contributed by atoms with E-state index in [1.807, 2.05) is 43.3 Å². The van der Waals surface area contributed by atoms with Crippen LogP contribution < -0.4 is 5.32 Å². The zero-order chi connectivity index (χ0) is 20.2. The number of hydrogen-bond acceptors (Lipinski definition) is 5. The maximum Gasteiger partial charge on any atom is 0.407 e. The fourth-order valence-corrected chi connectivity index (χ4v) is 2.51. The monoisotopic (exact) mass is 382 g/mol. The van der Waals surface area contributed by atoms with Gasteiger partial charge in [-0.1, -0.05) is 49.9 Å².